The first-order valence-corrected chi connectivity index (χ1v) is 4.80. The standard InChI is InChI=1S/C9H10ClN3O3/c1-5(11)9(14)12-8-3-2-6(13(15)16)4-7(8)10/h2-5H,11H2,1H3,(H,12,14)/t5-/m0/s1. The number of anilines is 1. The molecule has 1 aromatic rings. The van der Waals surface area contributed by atoms with E-state index >= 15 is 0 Å². The van der Waals surface area contributed by atoms with E-state index < -0.39 is 16.9 Å². The summed E-state index contributed by atoms with van der Waals surface area (Å²) in [6, 6.07) is 3.10. The number of hydrogen-bond acceptors (Lipinski definition) is 4. The molecule has 1 aromatic carbocycles. The minimum absolute atomic E-state index is 0.100. The van der Waals surface area contributed by atoms with Crippen molar-refractivity contribution in [1.82, 2.24) is 0 Å². The molecule has 0 bridgehead atoms. The van der Waals surface area contributed by atoms with E-state index in [1.807, 2.05) is 0 Å². The average molecular weight is 244 g/mol. The van der Waals surface area contributed by atoms with E-state index in [1.54, 1.807) is 0 Å². The molecule has 0 aliphatic heterocycles. The number of nitro benzene ring substituents is 1. The Morgan fingerprint density at radius 3 is 2.69 bits per heavy atom. The SMILES string of the molecule is C[C@H](N)C(=O)Nc1ccc([N+](=O)[O-])cc1Cl. The summed E-state index contributed by atoms with van der Waals surface area (Å²) in [5.41, 5.74) is 5.51. The van der Waals surface area contributed by atoms with E-state index in [0.717, 1.165) is 0 Å². The molecule has 86 valence electrons. The summed E-state index contributed by atoms with van der Waals surface area (Å²) in [6.07, 6.45) is 0. The van der Waals surface area contributed by atoms with Crippen molar-refractivity contribution < 1.29 is 9.72 Å². The fourth-order valence-corrected chi connectivity index (χ4v) is 1.19. The van der Waals surface area contributed by atoms with Crippen LogP contribution in [0.3, 0.4) is 0 Å². The molecule has 0 saturated carbocycles. The molecule has 0 aliphatic carbocycles. The molecule has 6 nitrogen and oxygen atoms in total. The highest BCUT2D eigenvalue weighted by molar-refractivity contribution is 6.34. The number of hydrogen-bond donors (Lipinski definition) is 2. The third kappa shape index (κ3) is 2.91. The fraction of sp³-hybridized carbons (Fsp3) is 0.222. The smallest absolute Gasteiger partial charge is 0.271 e. The number of rotatable bonds is 3. The van der Waals surface area contributed by atoms with Crippen molar-refractivity contribution in [2.75, 3.05) is 5.32 Å². The highest BCUT2D eigenvalue weighted by atomic mass is 35.5. The summed E-state index contributed by atoms with van der Waals surface area (Å²) < 4.78 is 0. The van der Waals surface area contributed by atoms with Crippen LogP contribution in [0.25, 0.3) is 0 Å². The van der Waals surface area contributed by atoms with Crippen molar-refractivity contribution in [1.29, 1.82) is 0 Å². The summed E-state index contributed by atoms with van der Waals surface area (Å²) >= 11 is 5.76. The van der Waals surface area contributed by atoms with Gasteiger partial charge in [0.25, 0.3) is 5.69 Å². The molecule has 0 spiro atoms. The molecular weight excluding hydrogens is 234 g/mol. The number of non-ortho nitro benzene ring substituents is 1. The maximum Gasteiger partial charge on any atom is 0.271 e. The summed E-state index contributed by atoms with van der Waals surface area (Å²) in [5, 5.41) is 13.0. The van der Waals surface area contributed by atoms with Crippen LogP contribution >= 0.6 is 11.6 Å². The van der Waals surface area contributed by atoms with E-state index in [2.05, 4.69) is 5.32 Å². The molecular formula is C9H10ClN3O3. The summed E-state index contributed by atoms with van der Waals surface area (Å²) in [5.74, 6) is -0.407. The zero-order valence-electron chi connectivity index (χ0n) is 8.44. The van der Waals surface area contributed by atoms with Crippen LogP contribution in [0.4, 0.5) is 11.4 Å². The molecule has 0 aromatic heterocycles. The minimum atomic E-state index is -0.675. The van der Waals surface area contributed by atoms with Crippen molar-refractivity contribution in [2.45, 2.75) is 13.0 Å². The molecule has 0 unspecified atom stereocenters. The third-order valence-electron chi connectivity index (χ3n) is 1.83. The molecule has 1 amide bonds. The molecule has 7 heteroatoms. The number of halogens is 1. The Labute approximate surface area is 96.5 Å². The van der Waals surface area contributed by atoms with E-state index in [1.165, 1.54) is 25.1 Å². The van der Waals surface area contributed by atoms with Crippen LogP contribution in [0.1, 0.15) is 6.92 Å². The van der Waals surface area contributed by atoms with Crippen molar-refractivity contribution in [2.24, 2.45) is 5.73 Å². The predicted molar refractivity (Wildman–Crippen MR) is 60.4 cm³/mol. The number of nitrogens with one attached hydrogen (secondary N) is 1. The molecule has 0 heterocycles. The number of benzene rings is 1. The molecule has 0 saturated heterocycles. The number of nitro groups is 1. The highest BCUT2D eigenvalue weighted by Crippen LogP contribution is 2.26. The van der Waals surface area contributed by atoms with Crippen LogP contribution in [0, 0.1) is 10.1 Å². The van der Waals surface area contributed by atoms with Gasteiger partial charge in [-0.05, 0) is 13.0 Å². The number of nitrogens with zero attached hydrogens (tertiary/aromatic N) is 1. The summed E-state index contributed by atoms with van der Waals surface area (Å²) in [4.78, 5) is 21.1. The fourth-order valence-electron chi connectivity index (χ4n) is 0.966. The van der Waals surface area contributed by atoms with Gasteiger partial charge in [-0.3, -0.25) is 14.9 Å². The van der Waals surface area contributed by atoms with Gasteiger partial charge in [0.05, 0.1) is 21.7 Å². The van der Waals surface area contributed by atoms with Crippen LogP contribution in [0.15, 0.2) is 18.2 Å². The summed E-state index contributed by atoms with van der Waals surface area (Å²) in [6.45, 7) is 1.52. The lowest BCUT2D eigenvalue weighted by atomic mass is 10.2. The maximum atomic E-state index is 11.3. The molecule has 1 atom stereocenters. The second-order valence-electron chi connectivity index (χ2n) is 3.20. The topological polar surface area (TPSA) is 98.3 Å². The monoisotopic (exact) mass is 243 g/mol. The number of carbonyl (C=O) groups excluding carboxylic acids is 1. The Morgan fingerprint density at radius 1 is 1.62 bits per heavy atom. The van der Waals surface area contributed by atoms with Crippen molar-refractivity contribution in [3.8, 4) is 0 Å². The molecule has 0 fully saturated rings. The quantitative estimate of drug-likeness (QED) is 0.621. The number of amides is 1. The van der Waals surface area contributed by atoms with Gasteiger partial charge in [0.2, 0.25) is 5.91 Å². The van der Waals surface area contributed by atoms with Gasteiger partial charge in [-0.15, -0.1) is 0 Å². The van der Waals surface area contributed by atoms with Crippen LogP contribution < -0.4 is 11.1 Å². The lowest BCUT2D eigenvalue weighted by molar-refractivity contribution is -0.384. The minimum Gasteiger partial charge on any atom is -0.323 e. The Balaban J connectivity index is 2.91. The Bertz CT molecular complexity index is 434. The summed E-state index contributed by atoms with van der Waals surface area (Å²) in [7, 11) is 0. The maximum absolute atomic E-state index is 11.3. The highest BCUT2D eigenvalue weighted by Gasteiger charge is 2.13. The van der Waals surface area contributed by atoms with Crippen LogP contribution in [-0.2, 0) is 4.79 Å². The van der Waals surface area contributed by atoms with Crippen molar-refractivity contribution >= 4 is 28.9 Å². The number of nitrogens with two attached hydrogens (primary N) is 1. The van der Waals surface area contributed by atoms with Crippen LogP contribution in [0.2, 0.25) is 5.02 Å². The van der Waals surface area contributed by atoms with E-state index in [-0.39, 0.29) is 10.7 Å². The molecule has 0 aliphatic rings. The normalized spacial score (nSPS) is 11.9. The molecule has 3 N–H and O–H groups in total. The second kappa shape index (κ2) is 4.91. The van der Waals surface area contributed by atoms with Gasteiger partial charge in [0, 0.05) is 12.1 Å². The van der Waals surface area contributed by atoms with Crippen molar-refractivity contribution in [3.63, 3.8) is 0 Å². The van der Waals surface area contributed by atoms with Gasteiger partial charge in [0.1, 0.15) is 0 Å². The Hall–Kier alpha value is -1.66. The first-order valence-electron chi connectivity index (χ1n) is 4.42. The zero-order valence-corrected chi connectivity index (χ0v) is 9.19. The second-order valence-corrected chi connectivity index (χ2v) is 3.61. The van der Waals surface area contributed by atoms with Gasteiger partial charge in [-0.2, -0.15) is 0 Å². The predicted octanol–water partition coefficient (Wildman–Crippen LogP) is 1.53. The Morgan fingerprint density at radius 2 is 2.25 bits per heavy atom. The first-order chi connectivity index (χ1) is 7.41. The van der Waals surface area contributed by atoms with E-state index in [9.17, 15) is 14.9 Å². The number of carbonyl (C=O) groups is 1. The van der Waals surface area contributed by atoms with E-state index in [0.29, 0.717) is 5.69 Å². The van der Waals surface area contributed by atoms with Crippen LogP contribution in [0.5, 0.6) is 0 Å². The molecule has 0 radical (unpaired) electrons. The average Bonchev–Trinajstić information content (AvgIpc) is 2.20. The third-order valence-corrected chi connectivity index (χ3v) is 2.15. The zero-order chi connectivity index (χ0) is 12.3. The molecule has 1 rings (SSSR count). The van der Waals surface area contributed by atoms with Gasteiger partial charge in [-0.25, -0.2) is 0 Å². The molecule has 16 heavy (non-hydrogen) atoms. The van der Waals surface area contributed by atoms with Crippen LogP contribution in [-0.4, -0.2) is 16.9 Å². The van der Waals surface area contributed by atoms with Crippen molar-refractivity contribution in [3.05, 3.63) is 33.3 Å². The first kappa shape index (κ1) is 12.4. The lowest BCUT2D eigenvalue weighted by Gasteiger charge is -2.08. The largest absolute Gasteiger partial charge is 0.323 e. The van der Waals surface area contributed by atoms with Gasteiger partial charge >= 0.3 is 0 Å². The van der Waals surface area contributed by atoms with Gasteiger partial charge in [0.15, 0.2) is 0 Å². The Kier molecular flexibility index (Phi) is 3.81. The van der Waals surface area contributed by atoms with Gasteiger partial charge < -0.3 is 11.1 Å². The lowest BCUT2D eigenvalue weighted by Crippen LogP contribution is -2.32. The van der Waals surface area contributed by atoms with E-state index in [4.69, 9.17) is 17.3 Å². The van der Waals surface area contributed by atoms with Gasteiger partial charge in [-0.1, -0.05) is 11.6 Å².